The van der Waals surface area contributed by atoms with Crippen molar-refractivity contribution in [1.82, 2.24) is 5.32 Å². The molecule has 0 aliphatic rings. The highest BCUT2D eigenvalue weighted by Gasteiger charge is 2.23. The van der Waals surface area contributed by atoms with Crippen molar-refractivity contribution in [2.24, 2.45) is 0 Å². The summed E-state index contributed by atoms with van der Waals surface area (Å²) in [6, 6.07) is -0.889. The van der Waals surface area contributed by atoms with Gasteiger partial charge in [-0.3, -0.25) is 9.36 Å². The van der Waals surface area contributed by atoms with Gasteiger partial charge in [0, 0.05) is 6.42 Å². The summed E-state index contributed by atoms with van der Waals surface area (Å²) in [6.07, 6.45) is 72.4. The number of quaternary nitrogens is 1. The highest BCUT2D eigenvalue weighted by atomic mass is 31.2. The Hall–Kier alpha value is -1.28. The summed E-state index contributed by atoms with van der Waals surface area (Å²) in [6.45, 7) is 4.68. The largest absolute Gasteiger partial charge is 0.756 e. The van der Waals surface area contributed by atoms with Crippen LogP contribution in [0.5, 0.6) is 0 Å². The zero-order valence-corrected chi connectivity index (χ0v) is 50.3. The molecule has 0 aromatic rings. The highest BCUT2D eigenvalue weighted by Crippen LogP contribution is 2.38. The number of allylic oxidation sites excluding steroid dienone is 5. The second-order valence-corrected chi connectivity index (χ2v) is 24.5. The summed E-state index contributed by atoms with van der Waals surface area (Å²) in [5.41, 5.74) is 0. The number of unbranched alkanes of at least 4 members (excludes halogenated alkanes) is 42. The summed E-state index contributed by atoms with van der Waals surface area (Å²) >= 11 is 0. The number of rotatable bonds is 59. The zero-order valence-electron chi connectivity index (χ0n) is 49.4. The Bertz CT molecular complexity index is 1280. The number of likely N-dealkylation sites (N-methyl/N-ethyl adjacent to an activating group) is 1. The molecule has 0 fully saturated rings. The number of aliphatic hydroxyl groups excluding tert-OH is 1. The normalized spacial score (nSPS) is 14.0. The lowest BCUT2D eigenvalue weighted by Gasteiger charge is -2.29. The highest BCUT2D eigenvalue weighted by molar-refractivity contribution is 7.45. The molecule has 3 atom stereocenters. The van der Waals surface area contributed by atoms with Crippen LogP contribution in [0.2, 0.25) is 0 Å². The maximum atomic E-state index is 13.0. The van der Waals surface area contributed by atoms with E-state index in [1.54, 1.807) is 6.08 Å². The standard InChI is InChI=1S/C64H125N2O6P/c1-6-8-10-12-14-16-18-20-22-24-26-28-30-31-32-33-34-36-37-39-41-43-45-47-49-51-53-55-57-63(67)62(61-72-73(69,70)71-60-59-66(3,4)5)65-64(68)58-56-54-52-50-48-46-44-42-40-38-35-29-27-25-23-21-19-17-15-13-11-9-7-2/h19,21,25,27,55,57,62-63,67H,6-18,20,22-24,26,28-54,56,58-61H2,1-5H3,(H-,65,68,69,70)/b21-19-,27-25-,57-55+. The molecule has 432 valence electrons. The van der Waals surface area contributed by atoms with Crippen molar-refractivity contribution in [3.05, 3.63) is 36.5 Å². The second-order valence-electron chi connectivity index (χ2n) is 23.1. The molecule has 2 N–H and O–H groups in total. The number of nitrogens with one attached hydrogen (secondary N) is 1. The molecule has 0 saturated heterocycles. The first kappa shape index (κ1) is 71.7. The number of phosphoric acid groups is 1. The van der Waals surface area contributed by atoms with Gasteiger partial charge in [0.15, 0.2) is 0 Å². The average molecular weight is 1050 g/mol. The molecule has 0 spiro atoms. The molecule has 0 heterocycles. The van der Waals surface area contributed by atoms with Gasteiger partial charge < -0.3 is 28.8 Å². The van der Waals surface area contributed by atoms with Gasteiger partial charge in [-0.05, 0) is 51.4 Å². The van der Waals surface area contributed by atoms with Gasteiger partial charge in [0.05, 0.1) is 39.9 Å². The van der Waals surface area contributed by atoms with Crippen molar-refractivity contribution in [3.8, 4) is 0 Å². The Balaban J connectivity index is 4.13. The first-order valence-electron chi connectivity index (χ1n) is 31.9. The Morgan fingerprint density at radius 3 is 1.14 bits per heavy atom. The van der Waals surface area contributed by atoms with Crippen molar-refractivity contribution < 1.29 is 32.9 Å². The molecule has 0 bridgehead atoms. The SMILES string of the molecule is CCCCCCC/C=C\C/C=C\CCCCCCCCCCCCCC(=O)NC(COP(=O)([O-])OCC[N+](C)(C)C)C(O)/C=C/CCCCCCCCCCCCCCCCCCCCCCCCCCCC. The van der Waals surface area contributed by atoms with Crippen LogP contribution < -0.4 is 10.2 Å². The third-order valence-corrected chi connectivity index (χ3v) is 15.6. The monoisotopic (exact) mass is 1050 g/mol. The fourth-order valence-corrected chi connectivity index (χ4v) is 10.3. The molecule has 0 aromatic heterocycles. The number of amides is 1. The summed E-state index contributed by atoms with van der Waals surface area (Å²) < 4.78 is 23.4. The number of hydrogen-bond donors (Lipinski definition) is 2. The summed E-state index contributed by atoms with van der Waals surface area (Å²) in [4.78, 5) is 25.6. The van der Waals surface area contributed by atoms with Crippen LogP contribution in [0.25, 0.3) is 0 Å². The molecule has 3 unspecified atom stereocenters. The number of carbonyl (C=O) groups is 1. The minimum absolute atomic E-state index is 0.000612. The predicted octanol–water partition coefficient (Wildman–Crippen LogP) is 19.1. The third kappa shape index (κ3) is 58.2. The lowest BCUT2D eigenvalue weighted by molar-refractivity contribution is -0.870. The van der Waals surface area contributed by atoms with Crippen LogP contribution in [-0.4, -0.2) is 68.5 Å². The molecule has 73 heavy (non-hydrogen) atoms. The van der Waals surface area contributed by atoms with Crippen molar-refractivity contribution >= 4 is 13.7 Å². The minimum atomic E-state index is -4.60. The first-order valence-corrected chi connectivity index (χ1v) is 33.3. The van der Waals surface area contributed by atoms with E-state index < -0.39 is 20.0 Å². The van der Waals surface area contributed by atoms with Gasteiger partial charge in [-0.2, -0.15) is 0 Å². The molecular formula is C64H125N2O6P. The molecule has 9 heteroatoms. The van der Waals surface area contributed by atoms with Crippen LogP contribution in [0.1, 0.15) is 316 Å². The fourth-order valence-electron chi connectivity index (χ4n) is 9.60. The van der Waals surface area contributed by atoms with Crippen LogP contribution in [0, 0.1) is 0 Å². The lowest BCUT2D eigenvalue weighted by Crippen LogP contribution is -2.45. The molecule has 0 radical (unpaired) electrons. The van der Waals surface area contributed by atoms with E-state index in [4.69, 9.17) is 9.05 Å². The minimum Gasteiger partial charge on any atom is -0.756 e. The fraction of sp³-hybridized carbons (Fsp3) is 0.891. The molecular weight excluding hydrogens is 924 g/mol. The number of carbonyl (C=O) groups excluding carboxylic acids is 1. The van der Waals surface area contributed by atoms with Gasteiger partial charge in [-0.1, -0.05) is 294 Å². The van der Waals surface area contributed by atoms with E-state index in [2.05, 4.69) is 43.5 Å². The summed E-state index contributed by atoms with van der Waals surface area (Å²) in [7, 11) is 1.27. The van der Waals surface area contributed by atoms with Crippen LogP contribution in [-0.2, 0) is 18.4 Å². The van der Waals surface area contributed by atoms with Gasteiger partial charge in [-0.15, -0.1) is 0 Å². The van der Waals surface area contributed by atoms with Crippen LogP contribution in [0.4, 0.5) is 0 Å². The van der Waals surface area contributed by atoms with E-state index in [0.717, 1.165) is 44.9 Å². The van der Waals surface area contributed by atoms with Crippen LogP contribution in [0.3, 0.4) is 0 Å². The number of phosphoric ester groups is 1. The molecule has 0 aliphatic carbocycles. The van der Waals surface area contributed by atoms with E-state index >= 15 is 0 Å². The Kier molecular flexibility index (Phi) is 54.5. The van der Waals surface area contributed by atoms with Crippen LogP contribution in [0.15, 0.2) is 36.5 Å². The number of hydrogen-bond acceptors (Lipinski definition) is 6. The topological polar surface area (TPSA) is 108 Å². The molecule has 0 aromatic carbocycles. The third-order valence-electron chi connectivity index (χ3n) is 14.6. The number of aliphatic hydroxyl groups is 1. The van der Waals surface area contributed by atoms with Crippen molar-refractivity contribution in [2.75, 3.05) is 40.9 Å². The van der Waals surface area contributed by atoms with E-state index in [1.165, 1.54) is 250 Å². The molecule has 0 aliphatic heterocycles. The lowest BCUT2D eigenvalue weighted by atomic mass is 10.0. The first-order chi connectivity index (χ1) is 35.5. The Morgan fingerprint density at radius 2 is 0.795 bits per heavy atom. The van der Waals surface area contributed by atoms with Gasteiger partial charge in [0.25, 0.3) is 7.82 Å². The number of nitrogens with zero attached hydrogens (tertiary/aromatic N) is 1. The van der Waals surface area contributed by atoms with E-state index in [9.17, 15) is 19.4 Å². The average Bonchev–Trinajstić information content (AvgIpc) is 3.35. The van der Waals surface area contributed by atoms with Crippen LogP contribution >= 0.6 is 7.82 Å². The Labute approximate surface area is 455 Å². The van der Waals surface area contributed by atoms with Crippen molar-refractivity contribution in [3.63, 3.8) is 0 Å². The molecule has 8 nitrogen and oxygen atoms in total. The molecule has 0 rings (SSSR count). The quantitative estimate of drug-likeness (QED) is 0.0272. The second kappa shape index (κ2) is 55.5. The van der Waals surface area contributed by atoms with Crippen molar-refractivity contribution in [2.45, 2.75) is 328 Å². The molecule has 1 amide bonds. The van der Waals surface area contributed by atoms with E-state index in [1.807, 2.05) is 27.2 Å². The summed E-state index contributed by atoms with van der Waals surface area (Å²) in [5.74, 6) is -0.195. The zero-order chi connectivity index (χ0) is 53.5. The van der Waals surface area contributed by atoms with Gasteiger partial charge in [0.2, 0.25) is 5.91 Å². The smallest absolute Gasteiger partial charge is 0.268 e. The van der Waals surface area contributed by atoms with Gasteiger partial charge in [-0.25, -0.2) is 0 Å². The van der Waals surface area contributed by atoms with Gasteiger partial charge >= 0.3 is 0 Å². The summed E-state index contributed by atoms with van der Waals surface area (Å²) in [5, 5.41) is 13.9. The maximum Gasteiger partial charge on any atom is 0.268 e. The van der Waals surface area contributed by atoms with Crippen molar-refractivity contribution in [1.29, 1.82) is 0 Å². The maximum absolute atomic E-state index is 13.0. The molecule has 0 saturated carbocycles. The Morgan fingerprint density at radius 1 is 0.479 bits per heavy atom. The van der Waals surface area contributed by atoms with E-state index in [0.29, 0.717) is 17.4 Å². The van der Waals surface area contributed by atoms with Gasteiger partial charge in [0.1, 0.15) is 13.2 Å². The van der Waals surface area contributed by atoms with E-state index in [-0.39, 0.29) is 19.1 Å². The predicted molar refractivity (Wildman–Crippen MR) is 316 cm³/mol.